The van der Waals surface area contributed by atoms with Gasteiger partial charge in [0.2, 0.25) is 0 Å². The summed E-state index contributed by atoms with van der Waals surface area (Å²) in [5.41, 5.74) is 5.75. The van der Waals surface area contributed by atoms with Crippen LogP contribution in [-0.4, -0.2) is 42.6 Å². The normalized spacial score (nSPS) is 20.8. The third-order valence-electron chi connectivity index (χ3n) is 3.07. The topological polar surface area (TPSA) is 53.6 Å². The summed E-state index contributed by atoms with van der Waals surface area (Å²) < 4.78 is 0. The Morgan fingerprint density at radius 1 is 1.38 bits per heavy atom. The average Bonchev–Trinajstić information content (AvgIpc) is 3.03. The van der Waals surface area contributed by atoms with E-state index in [4.69, 9.17) is 5.73 Å². The minimum atomic E-state index is 0. The number of hydrogen-bond donors (Lipinski definition) is 2. The third-order valence-corrected chi connectivity index (χ3v) is 3.07. The zero-order valence-electron chi connectivity index (χ0n) is 9.98. The molecule has 0 spiro atoms. The number of guanidine groups is 1. The molecule has 2 fully saturated rings. The molecule has 0 atom stereocenters. The highest BCUT2D eigenvalue weighted by atomic mass is 127. The van der Waals surface area contributed by atoms with Gasteiger partial charge >= 0.3 is 0 Å². The van der Waals surface area contributed by atoms with Gasteiger partial charge < -0.3 is 11.1 Å². The van der Waals surface area contributed by atoms with Crippen LogP contribution in [0.3, 0.4) is 0 Å². The second-order valence-corrected chi connectivity index (χ2v) is 4.55. The maximum absolute atomic E-state index is 5.75. The van der Waals surface area contributed by atoms with Crippen molar-refractivity contribution in [1.82, 2.24) is 10.2 Å². The van der Waals surface area contributed by atoms with Gasteiger partial charge in [0, 0.05) is 18.6 Å². The third kappa shape index (κ3) is 4.86. The van der Waals surface area contributed by atoms with Crippen molar-refractivity contribution in [1.29, 1.82) is 0 Å². The number of nitrogens with zero attached hydrogens (tertiary/aromatic N) is 2. The van der Waals surface area contributed by atoms with Crippen LogP contribution >= 0.6 is 24.0 Å². The van der Waals surface area contributed by atoms with Crippen LogP contribution < -0.4 is 11.1 Å². The molecule has 4 nitrogen and oxygen atoms in total. The van der Waals surface area contributed by atoms with Crippen LogP contribution in [0.15, 0.2) is 4.99 Å². The zero-order valence-corrected chi connectivity index (χ0v) is 12.3. The summed E-state index contributed by atoms with van der Waals surface area (Å²) in [7, 11) is 0. The van der Waals surface area contributed by atoms with Crippen LogP contribution in [0.1, 0.15) is 32.6 Å². The van der Waals surface area contributed by atoms with E-state index in [1.54, 1.807) is 0 Å². The van der Waals surface area contributed by atoms with E-state index in [0.717, 1.165) is 25.7 Å². The molecule has 94 valence electrons. The van der Waals surface area contributed by atoms with E-state index >= 15 is 0 Å². The molecule has 0 aromatic heterocycles. The molecule has 5 heteroatoms. The van der Waals surface area contributed by atoms with Gasteiger partial charge in [0.1, 0.15) is 0 Å². The molecule has 0 heterocycles. The van der Waals surface area contributed by atoms with Crippen LogP contribution in [0.25, 0.3) is 0 Å². The molecule has 2 rings (SSSR count). The van der Waals surface area contributed by atoms with E-state index in [2.05, 4.69) is 22.1 Å². The number of likely N-dealkylation sites (N-methyl/N-ethyl adjacent to an activating group) is 1. The first-order chi connectivity index (χ1) is 7.29. The van der Waals surface area contributed by atoms with E-state index in [9.17, 15) is 0 Å². The monoisotopic (exact) mass is 338 g/mol. The molecule has 0 aliphatic heterocycles. The van der Waals surface area contributed by atoms with E-state index in [1.807, 2.05) is 0 Å². The van der Waals surface area contributed by atoms with Crippen molar-refractivity contribution in [3.05, 3.63) is 0 Å². The molecule has 2 aliphatic rings. The van der Waals surface area contributed by atoms with Crippen molar-refractivity contribution in [3.63, 3.8) is 0 Å². The first-order valence-corrected chi connectivity index (χ1v) is 6.10. The summed E-state index contributed by atoms with van der Waals surface area (Å²) in [6.45, 7) is 5.23. The zero-order chi connectivity index (χ0) is 10.7. The Hall–Kier alpha value is -0.0400. The van der Waals surface area contributed by atoms with Crippen molar-refractivity contribution in [2.75, 3.05) is 19.6 Å². The fourth-order valence-electron chi connectivity index (χ4n) is 1.82. The molecular formula is C11H23IN4. The number of nitrogens with one attached hydrogen (secondary N) is 1. The maximum atomic E-state index is 5.75. The van der Waals surface area contributed by atoms with Gasteiger partial charge in [-0.2, -0.15) is 0 Å². The van der Waals surface area contributed by atoms with Gasteiger partial charge in [-0.15, -0.1) is 24.0 Å². The fraction of sp³-hybridized carbons (Fsp3) is 0.909. The summed E-state index contributed by atoms with van der Waals surface area (Å²) in [6, 6.07) is 1.45. The average molecular weight is 338 g/mol. The lowest BCUT2D eigenvalue weighted by atomic mass is 10.4. The minimum Gasteiger partial charge on any atom is -0.370 e. The van der Waals surface area contributed by atoms with E-state index in [1.165, 1.54) is 25.7 Å². The van der Waals surface area contributed by atoms with E-state index in [0.29, 0.717) is 12.0 Å². The summed E-state index contributed by atoms with van der Waals surface area (Å²) in [5, 5.41) is 3.20. The smallest absolute Gasteiger partial charge is 0.188 e. The first-order valence-electron chi connectivity index (χ1n) is 6.10. The van der Waals surface area contributed by atoms with Gasteiger partial charge in [0.15, 0.2) is 5.96 Å². The molecule has 16 heavy (non-hydrogen) atoms. The number of rotatable bonds is 6. The Balaban J connectivity index is 0.00000128. The molecular weight excluding hydrogens is 315 g/mol. The Morgan fingerprint density at radius 3 is 2.56 bits per heavy atom. The van der Waals surface area contributed by atoms with Gasteiger partial charge in [0.05, 0.1) is 6.54 Å². The second kappa shape index (κ2) is 6.64. The van der Waals surface area contributed by atoms with E-state index < -0.39 is 0 Å². The molecule has 0 aromatic carbocycles. The number of aliphatic imine (C=N–C) groups is 1. The maximum Gasteiger partial charge on any atom is 0.188 e. The summed E-state index contributed by atoms with van der Waals surface area (Å²) in [4.78, 5) is 6.84. The fourth-order valence-corrected chi connectivity index (χ4v) is 1.82. The Bertz CT molecular complexity index is 236. The standard InChI is InChI=1S/C11H22N4.HI/c1-2-15(10-5-6-10)8-7-13-11(12)14-9-3-4-9;/h9-10H,2-8H2,1H3,(H3,12,13,14);1H. The lowest BCUT2D eigenvalue weighted by molar-refractivity contribution is 0.286. The molecule has 2 aliphatic carbocycles. The Morgan fingerprint density at radius 2 is 2.06 bits per heavy atom. The minimum absolute atomic E-state index is 0. The summed E-state index contributed by atoms with van der Waals surface area (Å²) in [6.07, 6.45) is 5.24. The lowest BCUT2D eigenvalue weighted by Crippen LogP contribution is -2.35. The number of halogens is 1. The highest BCUT2D eigenvalue weighted by Crippen LogP contribution is 2.25. The predicted molar refractivity (Wildman–Crippen MR) is 78.3 cm³/mol. The Kier molecular flexibility index (Phi) is 5.82. The van der Waals surface area contributed by atoms with Crippen molar-refractivity contribution in [2.45, 2.75) is 44.7 Å². The molecule has 0 radical (unpaired) electrons. The lowest BCUT2D eigenvalue weighted by Gasteiger charge is -2.18. The molecule has 2 saturated carbocycles. The molecule has 0 unspecified atom stereocenters. The number of hydrogen-bond acceptors (Lipinski definition) is 2. The SMILES string of the molecule is CCN(CCN=C(N)NC1CC1)C1CC1.I. The summed E-state index contributed by atoms with van der Waals surface area (Å²) >= 11 is 0. The molecule has 0 amide bonds. The van der Waals surface area contributed by atoms with Crippen molar-refractivity contribution < 1.29 is 0 Å². The van der Waals surface area contributed by atoms with Crippen LogP contribution in [0.4, 0.5) is 0 Å². The van der Waals surface area contributed by atoms with Crippen LogP contribution in [0.2, 0.25) is 0 Å². The van der Waals surface area contributed by atoms with Crippen molar-refractivity contribution in [2.24, 2.45) is 10.7 Å². The summed E-state index contributed by atoms with van der Waals surface area (Å²) in [5.74, 6) is 0.629. The van der Waals surface area contributed by atoms with Crippen molar-refractivity contribution in [3.8, 4) is 0 Å². The Labute approximate surface area is 115 Å². The first kappa shape index (κ1) is 14.0. The highest BCUT2D eigenvalue weighted by molar-refractivity contribution is 14.0. The van der Waals surface area contributed by atoms with E-state index in [-0.39, 0.29) is 24.0 Å². The van der Waals surface area contributed by atoms with Crippen molar-refractivity contribution >= 4 is 29.9 Å². The van der Waals surface area contributed by atoms with Crippen LogP contribution in [-0.2, 0) is 0 Å². The molecule has 3 N–H and O–H groups in total. The highest BCUT2D eigenvalue weighted by Gasteiger charge is 2.27. The van der Waals surface area contributed by atoms with Gasteiger partial charge in [0.25, 0.3) is 0 Å². The van der Waals surface area contributed by atoms with Crippen LogP contribution in [0.5, 0.6) is 0 Å². The van der Waals surface area contributed by atoms with Gasteiger partial charge in [-0.1, -0.05) is 6.92 Å². The molecule has 0 aromatic rings. The van der Waals surface area contributed by atoms with Gasteiger partial charge in [-0.05, 0) is 32.2 Å². The predicted octanol–water partition coefficient (Wildman–Crippen LogP) is 1.16. The van der Waals surface area contributed by atoms with Crippen LogP contribution in [0, 0.1) is 0 Å². The largest absolute Gasteiger partial charge is 0.370 e. The molecule has 0 saturated heterocycles. The van der Waals surface area contributed by atoms with Gasteiger partial charge in [-0.25, -0.2) is 0 Å². The second-order valence-electron chi connectivity index (χ2n) is 4.55. The molecule has 0 bridgehead atoms. The number of nitrogens with two attached hydrogens (primary N) is 1. The van der Waals surface area contributed by atoms with Gasteiger partial charge in [-0.3, -0.25) is 9.89 Å². The quantitative estimate of drug-likeness (QED) is 0.434.